The molecule has 0 aliphatic carbocycles. The van der Waals surface area contributed by atoms with E-state index in [-0.39, 0.29) is 29.9 Å². The molecule has 0 amide bonds. The van der Waals surface area contributed by atoms with Crippen molar-refractivity contribution in [3.8, 4) is 5.75 Å². The molecule has 0 aromatic heterocycles. The smallest absolute Gasteiger partial charge is 0.336 e. The number of aliphatic hydroxyl groups is 1. The zero-order chi connectivity index (χ0) is 12.3. The van der Waals surface area contributed by atoms with Gasteiger partial charge >= 0.3 is 5.97 Å². The van der Waals surface area contributed by atoms with Crippen molar-refractivity contribution in [3.63, 3.8) is 0 Å². The number of rotatable bonds is 4. The highest BCUT2D eigenvalue weighted by atomic mass is 16.4. The number of nitrogens with two attached hydrogens (primary N) is 1. The lowest BCUT2D eigenvalue weighted by atomic mass is 9.95. The van der Waals surface area contributed by atoms with Crippen LogP contribution in [-0.4, -0.2) is 27.9 Å². The summed E-state index contributed by atoms with van der Waals surface area (Å²) >= 11 is 0. The van der Waals surface area contributed by atoms with Crippen molar-refractivity contribution in [2.24, 2.45) is 5.73 Å². The van der Waals surface area contributed by atoms with Crippen LogP contribution in [0, 0.1) is 6.92 Å². The largest absolute Gasteiger partial charge is 0.507 e. The minimum Gasteiger partial charge on any atom is -0.507 e. The van der Waals surface area contributed by atoms with Gasteiger partial charge in [-0.25, -0.2) is 4.79 Å². The minimum atomic E-state index is -1.14. The van der Waals surface area contributed by atoms with E-state index >= 15 is 0 Å². The highest BCUT2D eigenvalue weighted by Crippen LogP contribution is 2.31. The predicted molar refractivity (Wildman–Crippen MR) is 58.4 cm³/mol. The van der Waals surface area contributed by atoms with Gasteiger partial charge in [-0.1, -0.05) is 6.07 Å². The van der Waals surface area contributed by atoms with Crippen LogP contribution >= 0.6 is 0 Å². The van der Waals surface area contributed by atoms with E-state index in [1.807, 2.05) is 0 Å². The number of aromatic hydroxyl groups is 1. The number of carbonyl (C=O) groups is 1. The molecule has 1 aromatic rings. The molecule has 0 aliphatic heterocycles. The van der Waals surface area contributed by atoms with E-state index in [2.05, 4.69) is 0 Å². The van der Waals surface area contributed by atoms with Crippen LogP contribution in [0.4, 0.5) is 0 Å². The molecular weight excluding hydrogens is 210 g/mol. The molecule has 5 N–H and O–H groups in total. The fraction of sp³-hybridized carbons (Fsp3) is 0.364. The molecule has 1 atom stereocenters. The van der Waals surface area contributed by atoms with Crippen LogP contribution in [0.3, 0.4) is 0 Å². The number of aromatic carboxylic acids is 1. The Hall–Kier alpha value is -1.59. The van der Waals surface area contributed by atoms with Crippen molar-refractivity contribution in [3.05, 3.63) is 28.8 Å². The number of hydrogen-bond donors (Lipinski definition) is 4. The van der Waals surface area contributed by atoms with Gasteiger partial charge in [-0.15, -0.1) is 0 Å². The number of aliphatic hydroxyl groups excluding tert-OH is 1. The summed E-state index contributed by atoms with van der Waals surface area (Å²) in [4.78, 5) is 11.0. The molecule has 5 nitrogen and oxygen atoms in total. The summed E-state index contributed by atoms with van der Waals surface area (Å²) in [6, 6.07) is 2.24. The first kappa shape index (κ1) is 12.5. The predicted octanol–water partition coefficient (Wildman–Crippen LogP) is 0.781. The molecule has 5 heteroatoms. The second-order valence-corrected chi connectivity index (χ2v) is 3.62. The first-order chi connectivity index (χ1) is 7.49. The van der Waals surface area contributed by atoms with Gasteiger partial charge in [0.05, 0.1) is 5.56 Å². The Labute approximate surface area is 93.1 Å². The van der Waals surface area contributed by atoms with Crippen molar-refractivity contribution in [1.29, 1.82) is 0 Å². The van der Waals surface area contributed by atoms with Gasteiger partial charge in [0.2, 0.25) is 0 Å². The average molecular weight is 225 g/mol. The van der Waals surface area contributed by atoms with Crippen molar-refractivity contribution in [2.75, 3.05) is 6.61 Å². The Morgan fingerprint density at radius 2 is 2.12 bits per heavy atom. The fourth-order valence-electron chi connectivity index (χ4n) is 1.56. The van der Waals surface area contributed by atoms with Gasteiger partial charge in [0, 0.05) is 18.2 Å². The van der Waals surface area contributed by atoms with Gasteiger partial charge in [-0.05, 0) is 25.0 Å². The topological polar surface area (TPSA) is 104 Å². The zero-order valence-corrected chi connectivity index (χ0v) is 8.97. The number of carboxylic acids is 1. The number of benzene rings is 1. The monoisotopic (exact) mass is 225 g/mol. The maximum Gasteiger partial charge on any atom is 0.336 e. The Bertz CT molecular complexity index is 403. The summed E-state index contributed by atoms with van der Waals surface area (Å²) in [7, 11) is 0. The summed E-state index contributed by atoms with van der Waals surface area (Å²) < 4.78 is 0. The van der Waals surface area contributed by atoms with E-state index in [9.17, 15) is 9.90 Å². The quantitative estimate of drug-likeness (QED) is 0.606. The molecule has 0 spiro atoms. The second kappa shape index (κ2) is 4.96. The molecule has 0 aliphatic rings. The second-order valence-electron chi connectivity index (χ2n) is 3.62. The SMILES string of the molecule is Cc1ccc(C(=O)O)c([C@H](N)CCO)c1O. The third-order valence-corrected chi connectivity index (χ3v) is 2.46. The Morgan fingerprint density at radius 1 is 1.50 bits per heavy atom. The maximum absolute atomic E-state index is 11.0. The van der Waals surface area contributed by atoms with E-state index < -0.39 is 12.0 Å². The van der Waals surface area contributed by atoms with Crippen LogP contribution in [0.2, 0.25) is 0 Å². The molecule has 0 heterocycles. The van der Waals surface area contributed by atoms with Crippen molar-refractivity contribution in [2.45, 2.75) is 19.4 Å². The third kappa shape index (κ3) is 2.32. The van der Waals surface area contributed by atoms with Crippen LogP contribution < -0.4 is 5.73 Å². The van der Waals surface area contributed by atoms with E-state index in [0.29, 0.717) is 5.56 Å². The molecule has 0 bridgehead atoms. The molecule has 0 saturated heterocycles. The van der Waals surface area contributed by atoms with Crippen LogP contribution in [-0.2, 0) is 0 Å². The summed E-state index contributed by atoms with van der Waals surface area (Å²) in [6.07, 6.45) is 0.206. The van der Waals surface area contributed by atoms with Crippen molar-refractivity contribution >= 4 is 5.97 Å². The van der Waals surface area contributed by atoms with Gasteiger partial charge in [-0.3, -0.25) is 0 Å². The fourth-order valence-corrected chi connectivity index (χ4v) is 1.56. The molecular formula is C11H15NO4. The van der Waals surface area contributed by atoms with Crippen LogP contribution in [0.15, 0.2) is 12.1 Å². The molecule has 0 saturated carbocycles. The number of phenols is 1. The number of phenolic OH excluding ortho intramolecular Hbond substituents is 1. The highest BCUT2D eigenvalue weighted by molar-refractivity contribution is 5.90. The molecule has 0 radical (unpaired) electrons. The lowest BCUT2D eigenvalue weighted by Gasteiger charge is -2.16. The van der Waals surface area contributed by atoms with E-state index in [1.165, 1.54) is 12.1 Å². The molecule has 16 heavy (non-hydrogen) atoms. The number of carboxylic acid groups (broad SMARTS) is 1. The van der Waals surface area contributed by atoms with Crippen LogP contribution in [0.25, 0.3) is 0 Å². The number of hydrogen-bond acceptors (Lipinski definition) is 4. The standard InChI is InChI=1S/C11H15NO4/c1-6-2-3-7(11(15)16)9(10(6)14)8(12)4-5-13/h2-3,8,13-14H,4-5,12H2,1H3,(H,15,16)/t8-/m1/s1. The summed E-state index contributed by atoms with van der Waals surface area (Å²) in [6.45, 7) is 1.50. The van der Waals surface area contributed by atoms with E-state index in [1.54, 1.807) is 6.92 Å². The lowest BCUT2D eigenvalue weighted by Crippen LogP contribution is -2.17. The van der Waals surface area contributed by atoms with Crippen molar-refractivity contribution in [1.82, 2.24) is 0 Å². The molecule has 1 aromatic carbocycles. The summed E-state index contributed by atoms with van der Waals surface area (Å²) in [5.74, 6) is -1.25. The highest BCUT2D eigenvalue weighted by Gasteiger charge is 2.20. The Kier molecular flexibility index (Phi) is 3.87. The molecule has 0 unspecified atom stereocenters. The third-order valence-electron chi connectivity index (χ3n) is 2.46. The van der Waals surface area contributed by atoms with Gasteiger partial charge < -0.3 is 21.1 Å². The Balaban J connectivity index is 3.31. The summed E-state index contributed by atoms with van der Waals surface area (Å²) in [5, 5.41) is 27.5. The number of aryl methyl sites for hydroxylation is 1. The van der Waals surface area contributed by atoms with Crippen molar-refractivity contribution < 1.29 is 20.1 Å². The minimum absolute atomic E-state index is 0.0240. The van der Waals surface area contributed by atoms with Gasteiger partial charge in [0.15, 0.2) is 0 Å². The van der Waals surface area contributed by atoms with Gasteiger partial charge in [-0.2, -0.15) is 0 Å². The maximum atomic E-state index is 11.0. The first-order valence-corrected chi connectivity index (χ1v) is 4.91. The zero-order valence-electron chi connectivity index (χ0n) is 8.97. The van der Waals surface area contributed by atoms with E-state index in [0.717, 1.165) is 0 Å². The normalized spacial score (nSPS) is 12.4. The summed E-state index contributed by atoms with van der Waals surface area (Å²) in [5.41, 5.74) is 6.45. The van der Waals surface area contributed by atoms with Crippen LogP contribution in [0.1, 0.15) is 33.9 Å². The molecule has 1 rings (SSSR count). The van der Waals surface area contributed by atoms with Crippen LogP contribution in [0.5, 0.6) is 5.75 Å². The first-order valence-electron chi connectivity index (χ1n) is 4.91. The van der Waals surface area contributed by atoms with E-state index in [4.69, 9.17) is 15.9 Å². The average Bonchev–Trinajstić information content (AvgIpc) is 2.21. The Morgan fingerprint density at radius 3 is 2.62 bits per heavy atom. The van der Waals surface area contributed by atoms with Gasteiger partial charge in [0.25, 0.3) is 0 Å². The molecule has 88 valence electrons. The molecule has 0 fully saturated rings. The lowest BCUT2D eigenvalue weighted by molar-refractivity contribution is 0.0694. The van der Waals surface area contributed by atoms with Gasteiger partial charge in [0.1, 0.15) is 5.75 Å².